The highest BCUT2D eigenvalue weighted by molar-refractivity contribution is 7.99. The number of halogens is 3. The number of morpholine rings is 1. The number of hydrogen-bond donors (Lipinski definition) is 1. The van der Waals surface area contributed by atoms with Gasteiger partial charge < -0.3 is 19.5 Å². The van der Waals surface area contributed by atoms with E-state index in [2.05, 4.69) is 20.1 Å². The Hall–Kier alpha value is -2.27. The molecule has 1 aromatic heterocycles. The van der Waals surface area contributed by atoms with Gasteiger partial charge in [0.2, 0.25) is 5.91 Å². The number of benzene rings is 1. The lowest BCUT2D eigenvalue weighted by Gasteiger charge is -2.27. The Morgan fingerprint density at radius 1 is 1.15 bits per heavy atom. The van der Waals surface area contributed by atoms with E-state index < -0.39 is 11.7 Å². The van der Waals surface area contributed by atoms with Crippen molar-refractivity contribution < 1.29 is 22.7 Å². The lowest BCUT2D eigenvalue weighted by atomic mass is 9.95. The van der Waals surface area contributed by atoms with E-state index in [1.54, 1.807) is 11.0 Å². The number of nitrogens with one attached hydrogen (secondary N) is 1. The first-order valence-corrected chi connectivity index (χ1v) is 12.2. The molecule has 0 atom stereocenters. The largest absolute Gasteiger partial charge is 0.416 e. The lowest BCUT2D eigenvalue weighted by Crippen LogP contribution is -2.41. The molecule has 1 N–H and O–H groups in total. The second-order valence-electron chi connectivity index (χ2n) is 8.27. The van der Waals surface area contributed by atoms with Gasteiger partial charge in [0.25, 0.3) is 0 Å². The summed E-state index contributed by atoms with van der Waals surface area (Å²) < 4.78 is 46.5. The van der Waals surface area contributed by atoms with Gasteiger partial charge in [-0.1, -0.05) is 37.1 Å². The third kappa shape index (κ3) is 6.20. The summed E-state index contributed by atoms with van der Waals surface area (Å²) in [5.74, 6) is 0.983. The summed E-state index contributed by atoms with van der Waals surface area (Å²) in [6.45, 7) is 2.56. The zero-order valence-corrected chi connectivity index (χ0v) is 19.1. The van der Waals surface area contributed by atoms with E-state index in [0.29, 0.717) is 43.0 Å². The van der Waals surface area contributed by atoms with E-state index in [4.69, 9.17) is 4.74 Å². The van der Waals surface area contributed by atoms with Crippen LogP contribution in [0.2, 0.25) is 0 Å². The number of nitrogens with zero attached hydrogens (tertiary/aromatic N) is 4. The molecule has 1 aliphatic carbocycles. The Labute approximate surface area is 195 Å². The molecule has 2 fully saturated rings. The van der Waals surface area contributed by atoms with Gasteiger partial charge >= 0.3 is 6.18 Å². The van der Waals surface area contributed by atoms with E-state index >= 15 is 0 Å². The van der Waals surface area contributed by atoms with Crippen molar-refractivity contribution in [3.05, 3.63) is 35.7 Å². The SMILES string of the molecule is O=C(CSc1nnc(CNc2cccc(C(F)(F)F)c2)n1C1CCCCC1)N1CCOCC1. The molecule has 2 aliphatic rings. The molecule has 0 bridgehead atoms. The van der Waals surface area contributed by atoms with Gasteiger partial charge in [0, 0.05) is 24.8 Å². The van der Waals surface area contributed by atoms with Gasteiger partial charge in [-0.3, -0.25) is 4.79 Å². The van der Waals surface area contributed by atoms with Gasteiger partial charge in [0.1, 0.15) is 0 Å². The van der Waals surface area contributed by atoms with E-state index in [1.807, 2.05) is 0 Å². The summed E-state index contributed by atoms with van der Waals surface area (Å²) in [6, 6.07) is 5.37. The Balaban J connectivity index is 1.47. The molecular weight excluding hydrogens is 455 g/mol. The molecule has 7 nitrogen and oxygen atoms in total. The molecule has 1 amide bonds. The molecular formula is C22H28F3N5O2S. The summed E-state index contributed by atoms with van der Waals surface area (Å²) in [4.78, 5) is 14.4. The number of anilines is 1. The van der Waals surface area contributed by atoms with Gasteiger partial charge in [-0.15, -0.1) is 10.2 Å². The third-order valence-corrected chi connectivity index (χ3v) is 6.93. The number of hydrogen-bond acceptors (Lipinski definition) is 6. The quantitative estimate of drug-likeness (QED) is 0.590. The van der Waals surface area contributed by atoms with E-state index in [-0.39, 0.29) is 24.2 Å². The van der Waals surface area contributed by atoms with Crippen LogP contribution in [0.25, 0.3) is 0 Å². The van der Waals surface area contributed by atoms with Crippen LogP contribution < -0.4 is 5.32 Å². The van der Waals surface area contributed by atoms with Gasteiger partial charge in [-0.05, 0) is 31.0 Å². The van der Waals surface area contributed by atoms with Crippen molar-refractivity contribution >= 4 is 23.4 Å². The van der Waals surface area contributed by atoms with E-state index in [9.17, 15) is 18.0 Å². The molecule has 1 aliphatic heterocycles. The highest BCUT2D eigenvalue weighted by atomic mass is 32.2. The predicted molar refractivity (Wildman–Crippen MR) is 119 cm³/mol. The zero-order chi connectivity index (χ0) is 23.3. The topological polar surface area (TPSA) is 72.3 Å². The monoisotopic (exact) mass is 483 g/mol. The van der Waals surface area contributed by atoms with Gasteiger partial charge in [-0.25, -0.2) is 0 Å². The molecule has 1 saturated carbocycles. The maximum Gasteiger partial charge on any atom is 0.416 e. The van der Waals surface area contributed by atoms with Crippen LogP contribution in [0.1, 0.15) is 49.5 Å². The van der Waals surface area contributed by atoms with Crippen LogP contribution in [-0.2, 0) is 22.3 Å². The summed E-state index contributed by atoms with van der Waals surface area (Å²) >= 11 is 1.37. The molecule has 2 aromatic rings. The summed E-state index contributed by atoms with van der Waals surface area (Å²) in [6.07, 6.45) is 1.02. The molecule has 11 heteroatoms. The highest BCUT2D eigenvalue weighted by Gasteiger charge is 2.30. The molecule has 2 heterocycles. The fraction of sp³-hybridized carbons (Fsp3) is 0.591. The van der Waals surface area contributed by atoms with Crippen LogP contribution in [0.3, 0.4) is 0 Å². The van der Waals surface area contributed by atoms with Crippen molar-refractivity contribution in [2.45, 2.75) is 56.0 Å². The van der Waals surface area contributed by atoms with Crippen LogP contribution in [0.5, 0.6) is 0 Å². The average molecular weight is 484 g/mol. The van der Waals surface area contributed by atoms with Gasteiger partial charge in [0.05, 0.1) is 31.1 Å². The Morgan fingerprint density at radius 3 is 2.64 bits per heavy atom. The van der Waals surface area contributed by atoms with Crippen molar-refractivity contribution in [2.75, 3.05) is 37.4 Å². The number of rotatable bonds is 7. The second-order valence-corrected chi connectivity index (χ2v) is 9.22. The average Bonchev–Trinajstić information content (AvgIpc) is 3.25. The molecule has 1 aromatic carbocycles. The predicted octanol–water partition coefficient (Wildman–Crippen LogP) is 4.37. The standard InChI is InChI=1S/C22H28F3N5O2S/c23-22(24,25)16-5-4-6-17(13-16)26-14-19-27-28-21(30(19)18-7-2-1-3-8-18)33-15-20(31)29-9-11-32-12-10-29/h4-6,13,18,26H,1-3,7-12,14-15H2. The number of aromatic nitrogens is 3. The van der Waals surface area contributed by atoms with Crippen LogP contribution in [-0.4, -0.2) is 57.6 Å². The first-order chi connectivity index (χ1) is 15.9. The number of ether oxygens (including phenoxy) is 1. The number of amides is 1. The number of thioether (sulfide) groups is 1. The minimum absolute atomic E-state index is 0.0464. The van der Waals surface area contributed by atoms with Gasteiger partial charge in [0.15, 0.2) is 11.0 Å². The summed E-state index contributed by atoms with van der Waals surface area (Å²) in [5.41, 5.74) is -0.321. The Morgan fingerprint density at radius 2 is 1.91 bits per heavy atom. The highest BCUT2D eigenvalue weighted by Crippen LogP contribution is 2.34. The van der Waals surface area contributed by atoms with Crippen molar-refractivity contribution in [1.82, 2.24) is 19.7 Å². The van der Waals surface area contributed by atoms with Gasteiger partial charge in [-0.2, -0.15) is 13.2 Å². The van der Waals surface area contributed by atoms with Crippen molar-refractivity contribution in [2.24, 2.45) is 0 Å². The summed E-state index contributed by atoms with van der Waals surface area (Å²) in [7, 11) is 0. The number of carbonyl (C=O) groups excluding carboxylic acids is 1. The molecule has 0 spiro atoms. The fourth-order valence-electron chi connectivity index (χ4n) is 4.25. The number of carbonyl (C=O) groups is 1. The summed E-state index contributed by atoms with van der Waals surface area (Å²) in [5, 5.41) is 12.4. The zero-order valence-electron chi connectivity index (χ0n) is 18.3. The normalized spacial score (nSPS) is 17.8. The molecule has 1 saturated heterocycles. The Bertz CT molecular complexity index is 940. The number of alkyl halides is 3. The molecule has 0 unspecified atom stereocenters. The molecule has 180 valence electrons. The second kappa shape index (κ2) is 10.8. The first kappa shape index (κ1) is 23.9. The lowest BCUT2D eigenvalue weighted by molar-refractivity contribution is -0.137. The maximum absolute atomic E-state index is 13.0. The fourth-order valence-corrected chi connectivity index (χ4v) is 5.18. The van der Waals surface area contributed by atoms with Crippen LogP contribution >= 0.6 is 11.8 Å². The van der Waals surface area contributed by atoms with Crippen molar-refractivity contribution in [3.63, 3.8) is 0 Å². The third-order valence-electron chi connectivity index (χ3n) is 6.00. The minimum atomic E-state index is -4.39. The smallest absolute Gasteiger partial charge is 0.378 e. The minimum Gasteiger partial charge on any atom is -0.378 e. The van der Waals surface area contributed by atoms with E-state index in [1.165, 1.54) is 24.2 Å². The van der Waals surface area contributed by atoms with Crippen LogP contribution in [0.15, 0.2) is 29.4 Å². The van der Waals surface area contributed by atoms with Crippen LogP contribution in [0.4, 0.5) is 18.9 Å². The van der Waals surface area contributed by atoms with Crippen molar-refractivity contribution in [3.8, 4) is 0 Å². The van der Waals surface area contributed by atoms with Crippen molar-refractivity contribution in [1.29, 1.82) is 0 Å². The van der Waals surface area contributed by atoms with Crippen LogP contribution in [0, 0.1) is 0 Å². The molecule has 4 rings (SSSR count). The molecule has 33 heavy (non-hydrogen) atoms. The maximum atomic E-state index is 13.0. The Kier molecular flexibility index (Phi) is 7.79. The van der Waals surface area contributed by atoms with E-state index in [0.717, 1.165) is 37.8 Å². The molecule has 0 radical (unpaired) electrons. The first-order valence-electron chi connectivity index (χ1n) is 11.2.